The lowest BCUT2D eigenvalue weighted by Crippen LogP contribution is -1.96. The highest BCUT2D eigenvalue weighted by Gasteiger charge is 2.09. The monoisotopic (exact) mass is 302 g/mol. The van der Waals surface area contributed by atoms with Crippen molar-refractivity contribution in [3.05, 3.63) is 51.5 Å². The predicted octanol–water partition coefficient (Wildman–Crippen LogP) is 4.06. The second kappa shape index (κ2) is 5.71. The lowest BCUT2D eigenvalue weighted by Gasteiger charge is -2.11. The van der Waals surface area contributed by atoms with Gasteiger partial charge in [-0.1, -0.05) is 23.2 Å². The molecule has 4 nitrogen and oxygen atoms in total. The molecule has 0 aliphatic carbocycles. The summed E-state index contributed by atoms with van der Waals surface area (Å²) in [4.78, 5) is 0. The fourth-order valence-corrected chi connectivity index (χ4v) is 2.27. The van der Waals surface area contributed by atoms with Gasteiger partial charge in [-0.05, 0) is 30.3 Å². The number of nitriles is 2. The van der Waals surface area contributed by atoms with Crippen LogP contribution in [0.3, 0.4) is 0 Å². The molecule has 0 saturated heterocycles. The van der Waals surface area contributed by atoms with Crippen LogP contribution in [0.15, 0.2) is 30.3 Å². The predicted molar refractivity (Wildman–Crippen MR) is 80.0 cm³/mol. The molecule has 2 aromatic rings. The number of benzene rings is 2. The van der Waals surface area contributed by atoms with Crippen molar-refractivity contribution in [1.29, 1.82) is 10.5 Å². The number of nitrogens with two attached hydrogens (primary N) is 1. The van der Waals surface area contributed by atoms with Crippen LogP contribution in [0.5, 0.6) is 0 Å². The van der Waals surface area contributed by atoms with Gasteiger partial charge in [-0.25, -0.2) is 0 Å². The second-order valence-corrected chi connectivity index (χ2v) is 4.78. The fraction of sp³-hybridized carbons (Fsp3) is 0. The van der Waals surface area contributed by atoms with Crippen LogP contribution >= 0.6 is 23.2 Å². The zero-order valence-corrected chi connectivity index (χ0v) is 11.6. The zero-order valence-electron chi connectivity index (χ0n) is 10.1. The molecule has 0 aliphatic heterocycles. The third-order valence-corrected chi connectivity index (χ3v) is 3.19. The van der Waals surface area contributed by atoms with Crippen molar-refractivity contribution in [3.8, 4) is 12.1 Å². The highest BCUT2D eigenvalue weighted by Crippen LogP contribution is 2.35. The maximum Gasteiger partial charge on any atom is 0.101 e. The van der Waals surface area contributed by atoms with Gasteiger partial charge in [0.2, 0.25) is 0 Å². The number of nitrogens with one attached hydrogen (secondary N) is 1. The Labute approximate surface area is 125 Å². The molecule has 0 radical (unpaired) electrons. The van der Waals surface area contributed by atoms with Crippen molar-refractivity contribution in [2.75, 3.05) is 11.1 Å². The van der Waals surface area contributed by atoms with Crippen LogP contribution in [0.25, 0.3) is 0 Å². The van der Waals surface area contributed by atoms with Crippen LogP contribution in [-0.4, -0.2) is 0 Å². The number of halogens is 2. The van der Waals surface area contributed by atoms with Gasteiger partial charge in [0, 0.05) is 11.4 Å². The van der Waals surface area contributed by atoms with Crippen molar-refractivity contribution < 1.29 is 0 Å². The number of anilines is 3. The number of nitrogen functional groups attached to an aromatic ring is 1. The summed E-state index contributed by atoms with van der Waals surface area (Å²) in [7, 11) is 0. The van der Waals surface area contributed by atoms with Crippen LogP contribution in [0.1, 0.15) is 11.1 Å². The molecule has 0 amide bonds. The van der Waals surface area contributed by atoms with Crippen molar-refractivity contribution in [1.82, 2.24) is 0 Å². The molecule has 2 aromatic carbocycles. The number of hydrogen-bond acceptors (Lipinski definition) is 4. The van der Waals surface area contributed by atoms with Crippen LogP contribution in [0.4, 0.5) is 17.1 Å². The Morgan fingerprint density at radius 3 is 2.10 bits per heavy atom. The summed E-state index contributed by atoms with van der Waals surface area (Å²) < 4.78 is 0. The van der Waals surface area contributed by atoms with E-state index in [2.05, 4.69) is 5.32 Å². The molecular weight excluding hydrogens is 295 g/mol. The number of rotatable bonds is 2. The summed E-state index contributed by atoms with van der Waals surface area (Å²) in [5.41, 5.74) is 7.78. The minimum absolute atomic E-state index is 0.278. The molecule has 0 heterocycles. The molecule has 98 valence electrons. The maximum atomic E-state index is 8.99. The van der Waals surface area contributed by atoms with E-state index in [4.69, 9.17) is 39.5 Å². The van der Waals surface area contributed by atoms with Crippen LogP contribution in [-0.2, 0) is 0 Å². The quantitative estimate of drug-likeness (QED) is 0.819. The number of nitrogens with zero attached hydrogens (tertiary/aromatic N) is 2. The van der Waals surface area contributed by atoms with E-state index in [1.807, 2.05) is 12.1 Å². The lowest BCUT2D eigenvalue weighted by molar-refractivity contribution is 1.42. The molecule has 0 fully saturated rings. The first-order chi connectivity index (χ1) is 9.55. The first kappa shape index (κ1) is 14.0. The van der Waals surface area contributed by atoms with Crippen LogP contribution in [0, 0.1) is 22.7 Å². The highest BCUT2D eigenvalue weighted by molar-refractivity contribution is 6.39. The molecule has 20 heavy (non-hydrogen) atoms. The second-order valence-electron chi connectivity index (χ2n) is 3.97. The molecular formula is C14H8Cl2N4. The van der Waals surface area contributed by atoms with Gasteiger partial charge in [0.15, 0.2) is 0 Å². The summed E-state index contributed by atoms with van der Waals surface area (Å²) in [6.07, 6.45) is 0. The van der Waals surface area contributed by atoms with E-state index < -0.39 is 0 Å². The molecule has 0 spiro atoms. The van der Waals surface area contributed by atoms with E-state index in [1.165, 1.54) is 0 Å². The molecule has 0 aliphatic rings. The van der Waals surface area contributed by atoms with Gasteiger partial charge in [0.25, 0.3) is 0 Å². The molecule has 3 N–H and O–H groups in total. The Morgan fingerprint density at radius 2 is 1.55 bits per heavy atom. The van der Waals surface area contributed by atoms with Gasteiger partial charge in [-0.2, -0.15) is 10.5 Å². The molecule has 0 saturated carbocycles. The average Bonchev–Trinajstić information content (AvgIpc) is 2.42. The van der Waals surface area contributed by atoms with E-state index >= 15 is 0 Å². The van der Waals surface area contributed by atoms with Crippen molar-refractivity contribution in [2.24, 2.45) is 0 Å². The van der Waals surface area contributed by atoms with E-state index in [1.54, 1.807) is 30.3 Å². The van der Waals surface area contributed by atoms with E-state index in [0.717, 1.165) is 0 Å². The Bertz CT molecular complexity index is 734. The van der Waals surface area contributed by atoms with Gasteiger partial charge in [0.1, 0.15) is 12.1 Å². The van der Waals surface area contributed by atoms with Crippen molar-refractivity contribution in [2.45, 2.75) is 0 Å². The Morgan fingerprint density at radius 1 is 0.950 bits per heavy atom. The normalized spacial score (nSPS) is 9.60. The summed E-state index contributed by atoms with van der Waals surface area (Å²) >= 11 is 12.1. The molecule has 0 aromatic heterocycles. The van der Waals surface area contributed by atoms with E-state index in [-0.39, 0.29) is 5.56 Å². The Hall–Kier alpha value is -2.40. The SMILES string of the molecule is N#Cc1ccc(Nc2c(Cl)cc(N)cc2Cl)cc1C#N. The minimum Gasteiger partial charge on any atom is -0.399 e. The highest BCUT2D eigenvalue weighted by atomic mass is 35.5. The van der Waals surface area contributed by atoms with Gasteiger partial charge in [0.05, 0.1) is 26.9 Å². The molecule has 6 heteroatoms. The van der Waals surface area contributed by atoms with Gasteiger partial charge < -0.3 is 11.1 Å². The molecule has 0 bridgehead atoms. The van der Waals surface area contributed by atoms with E-state index in [9.17, 15) is 0 Å². The smallest absolute Gasteiger partial charge is 0.101 e. The van der Waals surface area contributed by atoms with Crippen molar-refractivity contribution >= 4 is 40.3 Å². The summed E-state index contributed by atoms with van der Waals surface area (Å²) in [6.45, 7) is 0. The maximum absolute atomic E-state index is 8.99. The topological polar surface area (TPSA) is 85.6 Å². The van der Waals surface area contributed by atoms with Crippen LogP contribution in [0.2, 0.25) is 10.0 Å². The van der Waals surface area contributed by atoms with Gasteiger partial charge in [-0.15, -0.1) is 0 Å². The van der Waals surface area contributed by atoms with Crippen LogP contribution < -0.4 is 11.1 Å². The zero-order chi connectivity index (χ0) is 14.7. The number of hydrogen-bond donors (Lipinski definition) is 2. The third kappa shape index (κ3) is 2.78. The molecule has 2 rings (SSSR count). The summed E-state index contributed by atoms with van der Waals surface area (Å²) in [5, 5.41) is 21.6. The van der Waals surface area contributed by atoms with E-state index in [0.29, 0.717) is 32.7 Å². The van der Waals surface area contributed by atoms with Gasteiger partial charge in [-0.3, -0.25) is 0 Å². The Balaban J connectivity index is 2.42. The summed E-state index contributed by atoms with van der Waals surface area (Å²) in [5.74, 6) is 0. The first-order valence-corrected chi connectivity index (χ1v) is 6.26. The summed E-state index contributed by atoms with van der Waals surface area (Å²) in [6, 6.07) is 11.8. The van der Waals surface area contributed by atoms with Gasteiger partial charge >= 0.3 is 0 Å². The lowest BCUT2D eigenvalue weighted by atomic mass is 10.1. The first-order valence-electron chi connectivity index (χ1n) is 5.51. The third-order valence-electron chi connectivity index (χ3n) is 2.59. The fourth-order valence-electron chi connectivity index (χ4n) is 1.67. The van der Waals surface area contributed by atoms with Crippen molar-refractivity contribution in [3.63, 3.8) is 0 Å². The average molecular weight is 303 g/mol. The Kier molecular flexibility index (Phi) is 4.00. The molecule has 0 atom stereocenters. The molecule has 0 unspecified atom stereocenters. The standard InChI is InChI=1S/C14H8Cl2N4/c15-12-4-10(19)5-13(16)14(12)20-11-2-1-8(6-17)9(3-11)7-18/h1-5,20H,19H2. The minimum atomic E-state index is 0.278. The largest absolute Gasteiger partial charge is 0.399 e.